The summed E-state index contributed by atoms with van der Waals surface area (Å²) >= 11 is 0. The molecule has 0 saturated heterocycles. The number of fused-ring (bicyclic) bond motifs is 2. The third-order valence-electron chi connectivity index (χ3n) is 4.33. The van der Waals surface area contributed by atoms with Crippen molar-refractivity contribution < 1.29 is 0 Å². The highest BCUT2D eigenvalue weighted by atomic mass is 14.4. The first kappa shape index (κ1) is 8.52. The van der Waals surface area contributed by atoms with Gasteiger partial charge >= 0.3 is 0 Å². The van der Waals surface area contributed by atoms with Crippen molar-refractivity contribution in [3.8, 4) is 0 Å². The van der Waals surface area contributed by atoms with Gasteiger partial charge in [0.05, 0.1) is 0 Å². The summed E-state index contributed by atoms with van der Waals surface area (Å²) in [7, 11) is 0. The molecule has 3 unspecified atom stereocenters. The molecule has 0 heteroatoms. The van der Waals surface area contributed by atoms with Gasteiger partial charge in [0.2, 0.25) is 0 Å². The molecule has 0 spiro atoms. The molecule has 0 aliphatic heterocycles. The molecular formula is C14H18. The number of benzene rings is 1. The molecule has 0 radical (unpaired) electrons. The van der Waals surface area contributed by atoms with Crippen LogP contribution in [0.5, 0.6) is 0 Å². The summed E-state index contributed by atoms with van der Waals surface area (Å²) in [4.78, 5) is 0. The first-order chi connectivity index (χ1) is 6.84. The number of rotatable bonds is 1. The highest BCUT2D eigenvalue weighted by molar-refractivity contribution is 5.31. The van der Waals surface area contributed by atoms with Gasteiger partial charge in [0, 0.05) is 0 Å². The lowest BCUT2D eigenvalue weighted by Gasteiger charge is -2.23. The van der Waals surface area contributed by atoms with E-state index in [1.54, 1.807) is 5.56 Å². The quantitative estimate of drug-likeness (QED) is 0.624. The van der Waals surface area contributed by atoms with Gasteiger partial charge in [-0.3, -0.25) is 0 Å². The molecule has 2 aliphatic rings. The van der Waals surface area contributed by atoms with Gasteiger partial charge in [0.25, 0.3) is 0 Å². The topological polar surface area (TPSA) is 0 Å². The van der Waals surface area contributed by atoms with Gasteiger partial charge in [0.1, 0.15) is 0 Å². The van der Waals surface area contributed by atoms with Gasteiger partial charge in [-0.2, -0.15) is 0 Å². The van der Waals surface area contributed by atoms with E-state index >= 15 is 0 Å². The molecular weight excluding hydrogens is 168 g/mol. The fourth-order valence-corrected chi connectivity index (χ4v) is 3.63. The van der Waals surface area contributed by atoms with Gasteiger partial charge in [-0.05, 0) is 55.1 Å². The minimum absolute atomic E-state index is 0.898. The Kier molecular flexibility index (Phi) is 1.90. The normalized spacial score (nSPS) is 35.1. The number of aryl methyl sites for hydroxylation is 1. The molecule has 0 nitrogen and oxygen atoms in total. The van der Waals surface area contributed by atoms with E-state index in [0.717, 1.165) is 17.8 Å². The maximum absolute atomic E-state index is 2.35. The Morgan fingerprint density at radius 3 is 2.57 bits per heavy atom. The van der Waals surface area contributed by atoms with Crippen LogP contribution < -0.4 is 0 Å². The lowest BCUT2D eigenvalue weighted by atomic mass is 9.82. The predicted octanol–water partition coefficient (Wildman–Crippen LogP) is 3.90. The summed E-state index contributed by atoms with van der Waals surface area (Å²) < 4.78 is 0. The maximum atomic E-state index is 2.35. The van der Waals surface area contributed by atoms with E-state index in [-0.39, 0.29) is 0 Å². The molecule has 0 amide bonds. The zero-order chi connectivity index (χ0) is 9.54. The van der Waals surface area contributed by atoms with Crippen molar-refractivity contribution in [3.63, 3.8) is 0 Å². The van der Waals surface area contributed by atoms with Crippen LogP contribution in [0.1, 0.15) is 42.7 Å². The maximum Gasteiger partial charge on any atom is -0.0128 e. The minimum atomic E-state index is 0.898. The van der Waals surface area contributed by atoms with E-state index in [4.69, 9.17) is 0 Å². The van der Waals surface area contributed by atoms with Crippen molar-refractivity contribution in [1.82, 2.24) is 0 Å². The first-order valence-corrected chi connectivity index (χ1v) is 5.90. The molecule has 2 bridgehead atoms. The Hall–Kier alpha value is -0.780. The van der Waals surface area contributed by atoms with Gasteiger partial charge in [-0.1, -0.05) is 30.7 Å². The Bertz CT molecular complexity index is 340. The van der Waals surface area contributed by atoms with Crippen LogP contribution in [0, 0.1) is 18.8 Å². The Morgan fingerprint density at radius 2 is 1.93 bits per heavy atom. The Balaban J connectivity index is 1.93. The van der Waals surface area contributed by atoms with Crippen LogP contribution in [0.15, 0.2) is 24.3 Å². The summed E-state index contributed by atoms with van der Waals surface area (Å²) in [6, 6.07) is 8.97. The van der Waals surface area contributed by atoms with Gasteiger partial charge in [-0.25, -0.2) is 0 Å². The highest BCUT2D eigenvalue weighted by Crippen LogP contribution is 2.53. The second-order valence-electron chi connectivity index (χ2n) is 5.14. The monoisotopic (exact) mass is 186 g/mol. The molecule has 0 N–H and O–H groups in total. The van der Waals surface area contributed by atoms with Crippen molar-refractivity contribution >= 4 is 0 Å². The smallest absolute Gasteiger partial charge is 0.0128 e. The van der Waals surface area contributed by atoms with Crippen LogP contribution in [-0.4, -0.2) is 0 Å². The molecule has 0 aromatic heterocycles. The molecule has 1 aromatic carbocycles. The fourth-order valence-electron chi connectivity index (χ4n) is 3.63. The number of hydrogen-bond donors (Lipinski definition) is 0. The largest absolute Gasteiger partial charge is 0.0620 e. The molecule has 74 valence electrons. The van der Waals surface area contributed by atoms with Crippen molar-refractivity contribution in [1.29, 1.82) is 0 Å². The third kappa shape index (κ3) is 1.20. The molecule has 3 rings (SSSR count). The second-order valence-corrected chi connectivity index (χ2v) is 5.14. The Morgan fingerprint density at radius 1 is 1.07 bits per heavy atom. The third-order valence-corrected chi connectivity index (χ3v) is 4.33. The molecule has 2 saturated carbocycles. The van der Waals surface area contributed by atoms with E-state index in [0.29, 0.717) is 0 Å². The standard InChI is InChI=1S/C14H18/c1-10-4-2-3-5-13(10)14-9-11-6-7-12(14)8-11/h2-5,11-12,14H,6-9H2,1H3. The van der Waals surface area contributed by atoms with Crippen LogP contribution in [0.2, 0.25) is 0 Å². The van der Waals surface area contributed by atoms with E-state index < -0.39 is 0 Å². The molecule has 1 aromatic rings. The van der Waals surface area contributed by atoms with Crippen LogP contribution in [0.3, 0.4) is 0 Å². The Labute approximate surface area is 86.3 Å². The van der Waals surface area contributed by atoms with E-state index in [9.17, 15) is 0 Å². The van der Waals surface area contributed by atoms with Crippen molar-refractivity contribution in [2.45, 2.75) is 38.5 Å². The average Bonchev–Trinajstić information content (AvgIpc) is 2.79. The molecule has 3 atom stereocenters. The van der Waals surface area contributed by atoms with Gasteiger partial charge in [-0.15, -0.1) is 0 Å². The van der Waals surface area contributed by atoms with Crippen molar-refractivity contribution in [3.05, 3.63) is 35.4 Å². The average molecular weight is 186 g/mol. The van der Waals surface area contributed by atoms with E-state index in [1.165, 1.54) is 31.2 Å². The van der Waals surface area contributed by atoms with Crippen molar-refractivity contribution in [2.75, 3.05) is 0 Å². The van der Waals surface area contributed by atoms with Crippen molar-refractivity contribution in [2.24, 2.45) is 11.8 Å². The van der Waals surface area contributed by atoms with Gasteiger partial charge < -0.3 is 0 Å². The summed E-state index contributed by atoms with van der Waals surface area (Å²) in [5.41, 5.74) is 3.14. The summed E-state index contributed by atoms with van der Waals surface area (Å²) in [5, 5.41) is 0. The summed E-state index contributed by atoms with van der Waals surface area (Å²) in [5.74, 6) is 2.97. The second kappa shape index (κ2) is 3.12. The lowest BCUT2D eigenvalue weighted by Crippen LogP contribution is -2.09. The molecule has 2 aliphatic carbocycles. The zero-order valence-corrected chi connectivity index (χ0v) is 8.87. The molecule has 14 heavy (non-hydrogen) atoms. The fraction of sp³-hybridized carbons (Fsp3) is 0.571. The summed E-state index contributed by atoms with van der Waals surface area (Å²) in [6.07, 6.45) is 5.98. The highest BCUT2D eigenvalue weighted by Gasteiger charge is 2.40. The summed E-state index contributed by atoms with van der Waals surface area (Å²) in [6.45, 7) is 2.27. The van der Waals surface area contributed by atoms with Crippen LogP contribution in [0.25, 0.3) is 0 Å². The SMILES string of the molecule is Cc1ccccc1C1CC2CCC1C2. The molecule has 2 fully saturated rings. The predicted molar refractivity (Wildman–Crippen MR) is 59.4 cm³/mol. The van der Waals surface area contributed by atoms with E-state index in [1.807, 2.05) is 0 Å². The first-order valence-electron chi connectivity index (χ1n) is 5.90. The van der Waals surface area contributed by atoms with Gasteiger partial charge in [0.15, 0.2) is 0 Å². The zero-order valence-electron chi connectivity index (χ0n) is 8.87. The number of hydrogen-bond acceptors (Lipinski definition) is 0. The lowest BCUT2D eigenvalue weighted by molar-refractivity contribution is 0.419. The van der Waals surface area contributed by atoms with E-state index in [2.05, 4.69) is 31.2 Å². The van der Waals surface area contributed by atoms with Crippen LogP contribution in [0.4, 0.5) is 0 Å². The minimum Gasteiger partial charge on any atom is -0.0620 e. The van der Waals surface area contributed by atoms with Crippen LogP contribution >= 0.6 is 0 Å². The molecule has 0 heterocycles. The van der Waals surface area contributed by atoms with Crippen LogP contribution in [-0.2, 0) is 0 Å².